The second kappa shape index (κ2) is 9.11. The minimum absolute atomic E-state index is 0.00492. The van der Waals surface area contributed by atoms with E-state index in [1.165, 1.54) is 37.6 Å². The first-order chi connectivity index (χ1) is 16.1. The molecule has 12 heteroatoms. The Morgan fingerprint density at radius 2 is 1.88 bits per heavy atom. The topological polar surface area (TPSA) is 102 Å². The lowest BCUT2D eigenvalue weighted by molar-refractivity contribution is -0.137. The molecule has 4 rings (SSSR count). The molecule has 1 saturated carbocycles. The van der Waals surface area contributed by atoms with Gasteiger partial charge in [0.2, 0.25) is 10.0 Å². The molecule has 0 aliphatic heterocycles. The predicted octanol–water partition coefficient (Wildman–Crippen LogP) is 3.27. The van der Waals surface area contributed by atoms with Crippen molar-refractivity contribution in [2.45, 2.75) is 36.5 Å². The van der Waals surface area contributed by atoms with Crippen LogP contribution in [0.25, 0.3) is 5.69 Å². The summed E-state index contributed by atoms with van der Waals surface area (Å²) in [6, 6.07) is 10.6. The van der Waals surface area contributed by atoms with Crippen LogP contribution in [-0.2, 0) is 22.7 Å². The molecular weight excluding hydrogens is 473 g/mol. The van der Waals surface area contributed by atoms with Crippen molar-refractivity contribution in [2.24, 2.45) is 0 Å². The van der Waals surface area contributed by atoms with Crippen molar-refractivity contribution < 1.29 is 31.1 Å². The van der Waals surface area contributed by atoms with E-state index in [0.29, 0.717) is 5.56 Å². The number of ether oxygens (including phenoxy) is 1. The number of carbonyl (C=O) groups excluding carboxylic acids is 1. The molecule has 1 fully saturated rings. The van der Waals surface area contributed by atoms with Crippen molar-refractivity contribution >= 4 is 15.9 Å². The van der Waals surface area contributed by atoms with Crippen molar-refractivity contribution in [3.05, 3.63) is 71.5 Å². The highest BCUT2D eigenvalue weighted by atomic mass is 32.2. The summed E-state index contributed by atoms with van der Waals surface area (Å²) in [5, 5.41) is 6.74. The monoisotopic (exact) mass is 494 g/mol. The summed E-state index contributed by atoms with van der Waals surface area (Å²) < 4.78 is 72.4. The maximum absolute atomic E-state index is 13.0. The van der Waals surface area contributed by atoms with E-state index < -0.39 is 27.7 Å². The van der Waals surface area contributed by atoms with E-state index in [4.69, 9.17) is 4.74 Å². The Hall–Kier alpha value is -3.38. The maximum Gasteiger partial charge on any atom is 0.416 e. The molecule has 1 amide bonds. The van der Waals surface area contributed by atoms with Gasteiger partial charge in [-0.05, 0) is 48.7 Å². The zero-order valence-electron chi connectivity index (χ0n) is 18.0. The van der Waals surface area contributed by atoms with Gasteiger partial charge in [0.25, 0.3) is 5.91 Å². The molecule has 1 aliphatic carbocycles. The summed E-state index contributed by atoms with van der Waals surface area (Å²) in [6.07, 6.45) is -1.54. The van der Waals surface area contributed by atoms with E-state index in [0.717, 1.165) is 29.7 Å². The van der Waals surface area contributed by atoms with Crippen LogP contribution in [0.1, 0.15) is 34.5 Å². The van der Waals surface area contributed by atoms with Crippen molar-refractivity contribution in [1.29, 1.82) is 0 Å². The highest BCUT2D eigenvalue weighted by Gasteiger charge is 2.31. The molecule has 1 aliphatic rings. The van der Waals surface area contributed by atoms with Crippen molar-refractivity contribution in [3.63, 3.8) is 0 Å². The SMILES string of the molecule is COc1cn(-c2cccc(C(F)(F)F)c2)nc1C(=O)NCc1ccc(S(=O)(=O)NC2CC2)cc1. The first kappa shape index (κ1) is 23.8. The fourth-order valence-electron chi connectivity index (χ4n) is 3.16. The zero-order valence-corrected chi connectivity index (χ0v) is 18.8. The van der Waals surface area contributed by atoms with Gasteiger partial charge in [0.05, 0.1) is 29.5 Å². The lowest BCUT2D eigenvalue weighted by Crippen LogP contribution is -2.26. The number of amides is 1. The second-order valence-electron chi connectivity index (χ2n) is 7.76. The number of alkyl halides is 3. The fourth-order valence-corrected chi connectivity index (χ4v) is 4.47. The standard InChI is InChI=1S/C22H21F3N4O4S/c1-33-19-13-29(17-4-2-3-15(11-17)22(23,24)25)27-20(19)21(30)26-12-14-5-9-18(10-6-14)34(31,32)28-16-7-8-16/h2-6,9-11,13,16,28H,7-8,12H2,1H3,(H,26,30). The molecule has 2 aromatic carbocycles. The molecule has 2 N–H and O–H groups in total. The van der Waals surface area contributed by atoms with Crippen molar-refractivity contribution in [2.75, 3.05) is 7.11 Å². The van der Waals surface area contributed by atoms with Gasteiger partial charge in [-0.25, -0.2) is 17.8 Å². The van der Waals surface area contributed by atoms with Gasteiger partial charge >= 0.3 is 6.18 Å². The summed E-state index contributed by atoms with van der Waals surface area (Å²) in [5.41, 5.74) is -0.185. The zero-order chi connectivity index (χ0) is 24.5. The Morgan fingerprint density at radius 3 is 2.50 bits per heavy atom. The smallest absolute Gasteiger partial charge is 0.416 e. The Kier molecular flexibility index (Phi) is 6.36. The number of sulfonamides is 1. The quantitative estimate of drug-likeness (QED) is 0.501. The summed E-state index contributed by atoms with van der Waals surface area (Å²) >= 11 is 0. The molecule has 34 heavy (non-hydrogen) atoms. The van der Waals surface area contributed by atoms with E-state index in [9.17, 15) is 26.4 Å². The van der Waals surface area contributed by atoms with Crippen LogP contribution in [-0.4, -0.2) is 37.3 Å². The Labute approximate surface area is 193 Å². The molecule has 3 aromatic rings. The van der Waals surface area contributed by atoms with E-state index in [1.807, 2.05) is 0 Å². The van der Waals surface area contributed by atoms with E-state index in [-0.39, 0.29) is 34.6 Å². The minimum Gasteiger partial charge on any atom is -0.493 e. The largest absolute Gasteiger partial charge is 0.493 e. The fraction of sp³-hybridized carbons (Fsp3) is 0.273. The molecule has 1 heterocycles. The number of aromatic nitrogens is 2. The lowest BCUT2D eigenvalue weighted by atomic mass is 10.2. The van der Waals surface area contributed by atoms with Gasteiger partial charge in [-0.3, -0.25) is 4.79 Å². The molecular formula is C22H21F3N4O4S. The number of carbonyl (C=O) groups is 1. The molecule has 0 saturated heterocycles. The number of hydrogen-bond donors (Lipinski definition) is 2. The first-order valence-electron chi connectivity index (χ1n) is 10.3. The molecule has 180 valence electrons. The van der Waals surface area contributed by atoms with Gasteiger partial charge < -0.3 is 10.1 Å². The van der Waals surface area contributed by atoms with Gasteiger partial charge in [-0.2, -0.15) is 18.3 Å². The Balaban J connectivity index is 1.46. The van der Waals surface area contributed by atoms with Gasteiger partial charge in [0, 0.05) is 12.6 Å². The normalized spacial score (nSPS) is 14.1. The third-order valence-electron chi connectivity index (χ3n) is 5.14. The summed E-state index contributed by atoms with van der Waals surface area (Å²) in [7, 11) is -2.25. The van der Waals surface area contributed by atoms with Crippen molar-refractivity contribution in [3.8, 4) is 11.4 Å². The minimum atomic E-state index is -4.52. The number of methoxy groups -OCH3 is 1. The summed E-state index contributed by atoms with van der Waals surface area (Å²) in [4.78, 5) is 12.8. The third kappa shape index (κ3) is 5.39. The van der Waals surface area contributed by atoms with Crippen LogP contribution in [0.5, 0.6) is 5.75 Å². The van der Waals surface area contributed by atoms with E-state index >= 15 is 0 Å². The van der Waals surface area contributed by atoms with Crippen LogP contribution in [0.3, 0.4) is 0 Å². The Morgan fingerprint density at radius 1 is 1.18 bits per heavy atom. The molecule has 1 aromatic heterocycles. The van der Waals surface area contributed by atoms with Crippen LogP contribution < -0.4 is 14.8 Å². The number of benzene rings is 2. The summed E-state index contributed by atoms with van der Waals surface area (Å²) in [5.74, 6) is -0.517. The first-order valence-corrected chi connectivity index (χ1v) is 11.8. The average Bonchev–Trinajstić information content (AvgIpc) is 3.50. The van der Waals surface area contributed by atoms with Crippen LogP contribution in [0.15, 0.2) is 59.6 Å². The number of halogens is 3. The van der Waals surface area contributed by atoms with Gasteiger partial charge in [0.1, 0.15) is 0 Å². The number of nitrogens with one attached hydrogen (secondary N) is 2. The number of nitrogens with zero attached hydrogens (tertiary/aromatic N) is 2. The van der Waals surface area contributed by atoms with Crippen LogP contribution >= 0.6 is 0 Å². The third-order valence-corrected chi connectivity index (χ3v) is 6.68. The molecule has 0 atom stereocenters. The number of hydrogen-bond acceptors (Lipinski definition) is 5. The second-order valence-corrected chi connectivity index (χ2v) is 9.47. The van der Waals surface area contributed by atoms with E-state index in [1.54, 1.807) is 12.1 Å². The van der Waals surface area contributed by atoms with Crippen LogP contribution in [0, 0.1) is 0 Å². The molecule has 8 nitrogen and oxygen atoms in total. The van der Waals surface area contributed by atoms with Gasteiger partial charge in [-0.1, -0.05) is 18.2 Å². The van der Waals surface area contributed by atoms with Gasteiger partial charge in [-0.15, -0.1) is 0 Å². The van der Waals surface area contributed by atoms with Gasteiger partial charge in [0.15, 0.2) is 11.4 Å². The molecule has 0 spiro atoms. The predicted molar refractivity (Wildman–Crippen MR) is 116 cm³/mol. The highest BCUT2D eigenvalue weighted by molar-refractivity contribution is 7.89. The highest BCUT2D eigenvalue weighted by Crippen LogP contribution is 2.31. The maximum atomic E-state index is 13.0. The van der Waals surface area contributed by atoms with E-state index in [2.05, 4.69) is 15.1 Å². The Bertz CT molecular complexity index is 1300. The van der Waals surface area contributed by atoms with Crippen molar-refractivity contribution in [1.82, 2.24) is 19.8 Å². The number of rotatable bonds is 8. The molecule has 0 bridgehead atoms. The molecule has 0 radical (unpaired) electrons. The summed E-state index contributed by atoms with van der Waals surface area (Å²) in [6.45, 7) is 0.0782. The van der Waals surface area contributed by atoms with Crippen LogP contribution in [0.4, 0.5) is 13.2 Å². The molecule has 0 unspecified atom stereocenters. The van der Waals surface area contributed by atoms with Crippen LogP contribution in [0.2, 0.25) is 0 Å². The average molecular weight is 494 g/mol. The lowest BCUT2D eigenvalue weighted by Gasteiger charge is -2.08.